The molecule has 2 heterocycles. The summed E-state index contributed by atoms with van der Waals surface area (Å²) in [5.74, 6) is 1.87. The number of nitrogens with zero attached hydrogens (tertiary/aromatic N) is 4. The number of carboxylic acids is 1. The van der Waals surface area contributed by atoms with Crippen molar-refractivity contribution < 1.29 is 19.4 Å². The fourth-order valence-corrected chi connectivity index (χ4v) is 5.85. The molecule has 5 rings (SSSR count). The molecule has 2 aromatic carbocycles. The molecule has 0 bridgehead atoms. The fraction of sp³-hybridized carbons (Fsp3) is 0.382. The molecular weight excluding hydrogens is 588 g/mol. The van der Waals surface area contributed by atoms with Crippen molar-refractivity contribution in [2.75, 3.05) is 11.3 Å². The molecule has 0 amide bonds. The summed E-state index contributed by atoms with van der Waals surface area (Å²) in [6.07, 6.45) is 8.21. The van der Waals surface area contributed by atoms with Crippen LogP contribution in [-0.2, 0) is 6.54 Å². The number of carbonyl (C=O) groups is 1. The van der Waals surface area contributed by atoms with Gasteiger partial charge in [-0.05, 0) is 81.3 Å². The first kappa shape index (κ1) is 32.2. The minimum Gasteiger partial charge on any atom is -0.488 e. The zero-order valence-electron chi connectivity index (χ0n) is 26.1. The van der Waals surface area contributed by atoms with Gasteiger partial charge in [-0.3, -0.25) is 4.72 Å². The molecule has 0 spiro atoms. The molecule has 45 heavy (non-hydrogen) atoms. The summed E-state index contributed by atoms with van der Waals surface area (Å²) in [6, 6.07) is 14.8. The first-order chi connectivity index (χ1) is 21.7. The van der Waals surface area contributed by atoms with Gasteiger partial charge in [0.2, 0.25) is 11.8 Å². The van der Waals surface area contributed by atoms with E-state index in [0.717, 1.165) is 33.7 Å². The molecular formula is C34H40N6O4S. The number of ether oxygens (including phenoxy) is 2. The second-order valence-corrected chi connectivity index (χ2v) is 12.5. The number of rotatable bonds is 15. The molecule has 0 saturated heterocycles. The zero-order valence-corrected chi connectivity index (χ0v) is 26.9. The molecule has 2 aromatic heterocycles. The Morgan fingerprint density at radius 2 is 1.78 bits per heavy atom. The predicted molar refractivity (Wildman–Crippen MR) is 176 cm³/mol. The van der Waals surface area contributed by atoms with E-state index in [9.17, 15) is 9.90 Å². The van der Waals surface area contributed by atoms with Gasteiger partial charge < -0.3 is 19.9 Å². The van der Waals surface area contributed by atoms with Crippen molar-refractivity contribution in [2.24, 2.45) is 5.92 Å². The van der Waals surface area contributed by atoms with Crippen LogP contribution < -0.4 is 19.5 Å². The minimum atomic E-state index is -0.977. The van der Waals surface area contributed by atoms with Crippen molar-refractivity contribution in [3.8, 4) is 22.9 Å². The number of aromatic carboxylic acids is 1. The topological polar surface area (TPSA) is 131 Å². The normalized spacial score (nSPS) is 13.7. The fourth-order valence-electron chi connectivity index (χ4n) is 5.22. The third kappa shape index (κ3) is 9.15. The van der Waals surface area contributed by atoms with Crippen molar-refractivity contribution in [1.82, 2.24) is 25.3 Å². The highest BCUT2D eigenvalue weighted by Gasteiger charge is 2.23. The molecule has 1 unspecified atom stereocenters. The van der Waals surface area contributed by atoms with Crippen molar-refractivity contribution in [2.45, 2.75) is 77.0 Å². The average molecular weight is 629 g/mol. The summed E-state index contributed by atoms with van der Waals surface area (Å²) < 4.78 is 15.2. The van der Waals surface area contributed by atoms with E-state index in [1.165, 1.54) is 31.2 Å². The number of aromatic nitrogens is 4. The van der Waals surface area contributed by atoms with Crippen molar-refractivity contribution >= 4 is 23.9 Å². The lowest BCUT2D eigenvalue weighted by atomic mass is 9.81. The summed E-state index contributed by atoms with van der Waals surface area (Å²) in [5, 5.41) is 13.0. The maximum atomic E-state index is 11.4. The number of benzene rings is 2. The second kappa shape index (κ2) is 15.2. The molecule has 0 radical (unpaired) electrons. The third-order valence-electron chi connectivity index (χ3n) is 7.66. The maximum absolute atomic E-state index is 11.4. The number of aryl methyl sites for hydroxylation is 2. The lowest BCUT2D eigenvalue weighted by molar-refractivity contribution is 0.0696. The molecule has 11 heteroatoms. The van der Waals surface area contributed by atoms with E-state index in [-0.39, 0.29) is 17.7 Å². The Bertz CT molecular complexity index is 1580. The standard InChI is InChI=1S/C34H40N6O4S/c1-21(2)44-27-17-36-30(37-18-27)19-35-26(14-24-10-6-11-24)20-43-31-16-29(32-22(3)8-5-9-23(32)4)38-34(39-31)40-45-28-13-7-12-25(15-28)33(41)42/h5,7-9,12-13,15-18,21,24,26,35H,6,10-11,14,19-20H2,1-4H3,(H,41,42)(H,38,39,40). The van der Waals surface area contributed by atoms with E-state index in [0.29, 0.717) is 42.5 Å². The van der Waals surface area contributed by atoms with E-state index >= 15 is 0 Å². The van der Waals surface area contributed by atoms with Gasteiger partial charge in [0.05, 0.1) is 36.3 Å². The molecule has 1 saturated carbocycles. The highest BCUT2D eigenvalue weighted by molar-refractivity contribution is 8.00. The Hall–Kier alpha value is -4.22. The summed E-state index contributed by atoms with van der Waals surface area (Å²) in [7, 11) is 0. The van der Waals surface area contributed by atoms with E-state index in [1.807, 2.05) is 32.0 Å². The van der Waals surface area contributed by atoms with Gasteiger partial charge in [0.15, 0.2) is 5.75 Å². The van der Waals surface area contributed by atoms with Crippen LogP contribution in [0.15, 0.2) is 65.8 Å². The smallest absolute Gasteiger partial charge is 0.335 e. The summed E-state index contributed by atoms with van der Waals surface area (Å²) in [4.78, 5) is 30.6. The predicted octanol–water partition coefficient (Wildman–Crippen LogP) is 6.88. The number of anilines is 1. The van der Waals surface area contributed by atoms with Crippen LogP contribution in [0.1, 0.15) is 66.8 Å². The zero-order chi connectivity index (χ0) is 31.8. The Morgan fingerprint density at radius 3 is 2.44 bits per heavy atom. The van der Waals surface area contributed by atoms with Gasteiger partial charge in [0, 0.05) is 22.6 Å². The highest BCUT2D eigenvalue weighted by Crippen LogP contribution is 2.32. The molecule has 0 aliphatic heterocycles. The molecule has 10 nitrogen and oxygen atoms in total. The molecule has 1 fully saturated rings. The van der Waals surface area contributed by atoms with Crippen LogP contribution in [-0.4, -0.2) is 49.8 Å². The largest absolute Gasteiger partial charge is 0.488 e. The monoisotopic (exact) mass is 628 g/mol. The van der Waals surface area contributed by atoms with E-state index in [4.69, 9.17) is 14.5 Å². The first-order valence-corrected chi connectivity index (χ1v) is 16.1. The van der Waals surface area contributed by atoms with Crippen LogP contribution in [0.5, 0.6) is 11.6 Å². The van der Waals surface area contributed by atoms with E-state index < -0.39 is 5.97 Å². The van der Waals surface area contributed by atoms with Crippen molar-refractivity contribution in [3.05, 3.63) is 83.4 Å². The van der Waals surface area contributed by atoms with Crippen LogP contribution in [0.2, 0.25) is 0 Å². The third-order valence-corrected chi connectivity index (χ3v) is 8.43. The Labute approximate surface area is 268 Å². The Morgan fingerprint density at radius 1 is 1.04 bits per heavy atom. The van der Waals surface area contributed by atoms with Crippen molar-refractivity contribution in [3.63, 3.8) is 0 Å². The number of carboxylic acid groups (broad SMARTS) is 1. The van der Waals surface area contributed by atoms with Crippen LogP contribution >= 0.6 is 11.9 Å². The summed E-state index contributed by atoms with van der Waals surface area (Å²) in [6.45, 7) is 9.00. The van der Waals surface area contributed by atoms with Crippen LogP contribution in [0.4, 0.5) is 5.95 Å². The number of hydrogen-bond donors (Lipinski definition) is 3. The molecule has 1 atom stereocenters. The Balaban J connectivity index is 1.33. The minimum absolute atomic E-state index is 0.0658. The molecule has 4 aromatic rings. The molecule has 3 N–H and O–H groups in total. The van der Waals surface area contributed by atoms with Gasteiger partial charge >= 0.3 is 5.97 Å². The van der Waals surface area contributed by atoms with Gasteiger partial charge in [-0.15, -0.1) is 0 Å². The lowest BCUT2D eigenvalue weighted by Gasteiger charge is -2.30. The van der Waals surface area contributed by atoms with Crippen LogP contribution in [0.25, 0.3) is 11.3 Å². The summed E-state index contributed by atoms with van der Waals surface area (Å²) >= 11 is 1.25. The van der Waals surface area contributed by atoms with Gasteiger partial charge in [-0.25, -0.2) is 19.7 Å². The second-order valence-electron chi connectivity index (χ2n) is 11.6. The van der Waals surface area contributed by atoms with E-state index in [1.54, 1.807) is 30.6 Å². The first-order valence-electron chi connectivity index (χ1n) is 15.3. The highest BCUT2D eigenvalue weighted by atomic mass is 32.2. The molecule has 1 aliphatic rings. The van der Waals surface area contributed by atoms with Crippen molar-refractivity contribution in [1.29, 1.82) is 0 Å². The maximum Gasteiger partial charge on any atom is 0.335 e. The summed E-state index contributed by atoms with van der Waals surface area (Å²) in [5.41, 5.74) is 4.19. The van der Waals surface area contributed by atoms with Gasteiger partial charge in [0.25, 0.3) is 0 Å². The van der Waals surface area contributed by atoms with Gasteiger partial charge in [-0.2, -0.15) is 4.98 Å². The average Bonchev–Trinajstić information content (AvgIpc) is 2.99. The molecule has 236 valence electrons. The number of nitrogens with one attached hydrogen (secondary N) is 2. The van der Waals surface area contributed by atoms with Gasteiger partial charge in [-0.1, -0.05) is 43.5 Å². The van der Waals surface area contributed by atoms with Crippen LogP contribution in [0, 0.1) is 19.8 Å². The number of hydrogen-bond acceptors (Lipinski definition) is 10. The Kier molecular flexibility index (Phi) is 10.9. The quantitative estimate of drug-likeness (QED) is 0.119. The van der Waals surface area contributed by atoms with Gasteiger partial charge in [0.1, 0.15) is 12.4 Å². The lowest BCUT2D eigenvalue weighted by Crippen LogP contribution is -2.37. The molecule has 1 aliphatic carbocycles. The SMILES string of the molecule is Cc1cccc(C)c1-c1cc(OCC(CC2CCC2)NCc2ncc(OC(C)C)cn2)nc(NSc2cccc(C(=O)O)c2)n1. The van der Waals surface area contributed by atoms with E-state index in [2.05, 4.69) is 51.0 Å². The van der Waals surface area contributed by atoms with Crippen LogP contribution in [0.3, 0.4) is 0 Å².